The van der Waals surface area contributed by atoms with Crippen LogP contribution in [0, 0.1) is 5.92 Å². The lowest BCUT2D eigenvalue weighted by Gasteiger charge is -2.45. The van der Waals surface area contributed by atoms with Gasteiger partial charge in [0.15, 0.2) is 0 Å². The van der Waals surface area contributed by atoms with E-state index in [-0.39, 0.29) is 0 Å². The van der Waals surface area contributed by atoms with Crippen LogP contribution in [0.15, 0.2) is 0 Å². The van der Waals surface area contributed by atoms with Gasteiger partial charge < -0.3 is 9.84 Å². The normalized spacial score (nSPS) is 26.8. The van der Waals surface area contributed by atoms with Crippen molar-refractivity contribution in [3.63, 3.8) is 0 Å². The Morgan fingerprint density at radius 1 is 1.47 bits per heavy atom. The number of ether oxygens (including phenoxy) is 1. The Kier molecular flexibility index (Phi) is 5.03. The number of rotatable bonds is 5. The molecule has 0 aliphatic carbocycles. The molecule has 0 radical (unpaired) electrons. The minimum atomic E-state index is 0.291. The van der Waals surface area contributed by atoms with E-state index in [4.69, 9.17) is 4.74 Å². The lowest BCUT2D eigenvalue weighted by Crippen LogP contribution is -2.51. The molecule has 0 bridgehead atoms. The van der Waals surface area contributed by atoms with Crippen molar-refractivity contribution in [2.24, 2.45) is 5.92 Å². The second kappa shape index (κ2) is 5.83. The van der Waals surface area contributed by atoms with Gasteiger partial charge in [-0.2, -0.15) is 0 Å². The molecule has 1 saturated heterocycles. The van der Waals surface area contributed by atoms with E-state index in [0.29, 0.717) is 18.1 Å². The van der Waals surface area contributed by atoms with Crippen LogP contribution in [-0.2, 0) is 4.74 Å². The Labute approximate surface area is 93.4 Å². The van der Waals surface area contributed by atoms with Gasteiger partial charge in [-0.15, -0.1) is 0 Å². The lowest BCUT2D eigenvalue weighted by molar-refractivity contribution is 0.0204. The Hall–Kier alpha value is -0.120. The van der Waals surface area contributed by atoms with Crippen molar-refractivity contribution in [2.75, 3.05) is 33.4 Å². The van der Waals surface area contributed by atoms with Crippen molar-refractivity contribution in [1.29, 1.82) is 0 Å². The molecule has 90 valence electrons. The minimum absolute atomic E-state index is 0.291. The SMILES string of the molecule is COCCCN1CC(CO)CCC1(C)C. The summed E-state index contributed by atoms with van der Waals surface area (Å²) in [4.78, 5) is 2.50. The van der Waals surface area contributed by atoms with Gasteiger partial charge in [-0.1, -0.05) is 0 Å². The fraction of sp³-hybridized carbons (Fsp3) is 1.00. The predicted octanol–water partition coefficient (Wildman–Crippen LogP) is 1.51. The van der Waals surface area contributed by atoms with Gasteiger partial charge in [0.05, 0.1) is 0 Å². The van der Waals surface area contributed by atoms with Crippen LogP contribution in [0.4, 0.5) is 0 Å². The summed E-state index contributed by atoms with van der Waals surface area (Å²) in [7, 11) is 1.75. The summed E-state index contributed by atoms with van der Waals surface area (Å²) < 4.78 is 5.08. The third-order valence-corrected chi connectivity index (χ3v) is 3.53. The molecule has 0 spiro atoms. The number of piperidine rings is 1. The Morgan fingerprint density at radius 2 is 2.20 bits per heavy atom. The number of nitrogens with zero attached hydrogens (tertiary/aromatic N) is 1. The van der Waals surface area contributed by atoms with Gasteiger partial charge in [-0.05, 0) is 39.0 Å². The number of hydrogen-bond donors (Lipinski definition) is 1. The maximum Gasteiger partial charge on any atom is 0.0474 e. The molecular formula is C12H25NO2. The van der Waals surface area contributed by atoms with Crippen LogP contribution >= 0.6 is 0 Å². The van der Waals surface area contributed by atoms with Crippen molar-refractivity contribution >= 4 is 0 Å². The predicted molar refractivity (Wildman–Crippen MR) is 62.0 cm³/mol. The van der Waals surface area contributed by atoms with Crippen molar-refractivity contribution < 1.29 is 9.84 Å². The molecule has 1 rings (SSSR count). The molecular weight excluding hydrogens is 190 g/mol. The summed E-state index contributed by atoms with van der Waals surface area (Å²) in [6.45, 7) is 7.87. The van der Waals surface area contributed by atoms with Crippen molar-refractivity contribution in [2.45, 2.75) is 38.6 Å². The highest BCUT2D eigenvalue weighted by atomic mass is 16.5. The zero-order valence-electron chi connectivity index (χ0n) is 10.3. The molecule has 0 aromatic carbocycles. The second-order valence-electron chi connectivity index (χ2n) is 5.19. The standard InChI is InChI=1S/C12H25NO2/c1-12(2)6-5-11(10-14)9-13(12)7-4-8-15-3/h11,14H,4-10H2,1-3H3. The third kappa shape index (κ3) is 3.74. The highest BCUT2D eigenvalue weighted by molar-refractivity contribution is 4.88. The van der Waals surface area contributed by atoms with E-state index in [1.165, 1.54) is 6.42 Å². The van der Waals surface area contributed by atoms with Crippen LogP contribution in [0.25, 0.3) is 0 Å². The molecule has 15 heavy (non-hydrogen) atoms. The first-order chi connectivity index (χ1) is 7.10. The molecule has 1 unspecified atom stereocenters. The lowest BCUT2D eigenvalue weighted by atomic mass is 9.85. The zero-order valence-corrected chi connectivity index (χ0v) is 10.3. The Balaban J connectivity index is 2.41. The largest absolute Gasteiger partial charge is 0.396 e. The molecule has 1 atom stereocenters. The summed E-state index contributed by atoms with van der Waals surface area (Å²) >= 11 is 0. The number of aliphatic hydroxyl groups is 1. The first-order valence-electron chi connectivity index (χ1n) is 5.95. The van der Waals surface area contributed by atoms with Gasteiger partial charge in [0.25, 0.3) is 0 Å². The average molecular weight is 215 g/mol. The summed E-state index contributed by atoms with van der Waals surface area (Å²) in [5, 5.41) is 9.20. The number of aliphatic hydroxyl groups excluding tert-OH is 1. The topological polar surface area (TPSA) is 32.7 Å². The van der Waals surface area contributed by atoms with Crippen LogP contribution in [-0.4, -0.2) is 49.0 Å². The smallest absolute Gasteiger partial charge is 0.0474 e. The summed E-state index contributed by atoms with van der Waals surface area (Å²) in [5.74, 6) is 0.473. The Morgan fingerprint density at radius 3 is 2.80 bits per heavy atom. The molecule has 0 aromatic rings. The van der Waals surface area contributed by atoms with Gasteiger partial charge in [0.1, 0.15) is 0 Å². The van der Waals surface area contributed by atoms with E-state index in [9.17, 15) is 5.11 Å². The molecule has 1 aliphatic rings. The van der Waals surface area contributed by atoms with Gasteiger partial charge in [-0.3, -0.25) is 4.90 Å². The van der Waals surface area contributed by atoms with E-state index in [2.05, 4.69) is 18.7 Å². The minimum Gasteiger partial charge on any atom is -0.396 e. The molecule has 1 N–H and O–H groups in total. The first-order valence-corrected chi connectivity index (χ1v) is 5.95. The Bertz CT molecular complexity index is 182. The van der Waals surface area contributed by atoms with Crippen LogP contribution < -0.4 is 0 Å². The number of likely N-dealkylation sites (tertiary alicyclic amines) is 1. The number of hydrogen-bond acceptors (Lipinski definition) is 3. The first kappa shape index (κ1) is 12.9. The average Bonchev–Trinajstić information content (AvgIpc) is 2.21. The van der Waals surface area contributed by atoms with Crippen molar-refractivity contribution in [3.05, 3.63) is 0 Å². The van der Waals surface area contributed by atoms with Crippen molar-refractivity contribution in [3.8, 4) is 0 Å². The highest BCUT2D eigenvalue weighted by Crippen LogP contribution is 2.30. The quantitative estimate of drug-likeness (QED) is 0.706. The van der Waals surface area contributed by atoms with Crippen LogP contribution in [0.1, 0.15) is 33.1 Å². The number of methoxy groups -OCH3 is 1. The summed E-state index contributed by atoms with van der Waals surface area (Å²) in [6.07, 6.45) is 3.42. The highest BCUT2D eigenvalue weighted by Gasteiger charge is 2.33. The zero-order chi connectivity index (χ0) is 11.3. The van der Waals surface area contributed by atoms with E-state index in [1.807, 2.05) is 0 Å². The molecule has 1 fully saturated rings. The van der Waals surface area contributed by atoms with Gasteiger partial charge in [0, 0.05) is 39.0 Å². The second-order valence-corrected chi connectivity index (χ2v) is 5.19. The molecule has 0 aromatic heterocycles. The van der Waals surface area contributed by atoms with E-state index in [1.54, 1.807) is 7.11 Å². The third-order valence-electron chi connectivity index (χ3n) is 3.53. The van der Waals surface area contributed by atoms with Crippen LogP contribution in [0.3, 0.4) is 0 Å². The monoisotopic (exact) mass is 215 g/mol. The summed E-state index contributed by atoms with van der Waals surface area (Å²) in [6, 6.07) is 0. The van der Waals surface area contributed by atoms with Gasteiger partial charge >= 0.3 is 0 Å². The molecule has 3 heteroatoms. The maximum absolute atomic E-state index is 9.20. The fourth-order valence-electron chi connectivity index (χ4n) is 2.31. The maximum atomic E-state index is 9.20. The van der Waals surface area contributed by atoms with E-state index >= 15 is 0 Å². The fourth-order valence-corrected chi connectivity index (χ4v) is 2.31. The van der Waals surface area contributed by atoms with Crippen molar-refractivity contribution in [1.82, 2.24) is 4.90 Å². The van der Waals surface area contributed by atoms with Crippen LogP contribution in [0.2, 0.25) is 0 Å². The molecule has 1 heterocycles. The van der Waals surface area contributed by atoms with Crippen LogP contribution in [0.5, 0.6) is 0 Å². The van der Waals surface area contributed by atoms with E-state index < -0.39 is 0 Å². The molecule has 1 aliphatic heterocycles. The molecule has 0 amide bonds. The van der Waals surface area contributed by atoms with E-state index in [0.717, 1.165) is 32.5 Å². The molecule has 3 nitrogen and oxygen atoms in total. The van der Waals surface area contributed by atoms with Gasteiger partial charge in [-0.25, -0.2) is 0 Å². The summed E-state index contributed by atoms with van der Waals surface area (Å²) in [5.41, 5.74) is 0.291. The van der Waals surface area contributed by atoms with Gasteiger partial charge in [0.2, 0.25) is 0 Å². The molecule has 0 saturated carbocycles.